The quantitative estimate of drug-likeness (QED) is 0.145. The Bertz CT molecular complexity index is 2620. The molecule has 57 heavy (non-hydrogen) atoms. The Kier molecular flexibility index (Phi) is 10.1. The lowest BCUT2D eigenvalue weighted by molar-refractivity contribution is 0.895. The standard InChI is InChI=1S/C53H50N4/c1-32-26-34(3)46(35(4)27-32)49(47-36(5)28-33(2)29-37(47)6)48-38(7)30-39(8)50(40(48)9)57(45-25-24-41-18-16-17-23-44(41)31-45)53-55-51(42-19-12-10-13-20-42)54-52(56-53)43-21-14-11-15-22-43/h10-31,49H,1-9H3. The van der Waals surface area contributed by atoms with Crippen LogP contribution in [0.15, 0.2) is 133 Å². The summed E-state index contributed by atoms with van der Waals surface area (Å²) in [5, 5.41) is 2.33. The van der Waals surface area contributed by atoms with E-state index in [2.05, 4.69) is 164 Å². The molecule has 0 unspecified atom stereocenters. The second kappa shape index (κ2) is 15.3. The Labute approximate surface area is 338 Å². The first-order chi connectivity index (χ1) is 27.5. The number of benzene rings is 7. The molecule has 282 valence electrons. The number of rotatable bonds is 8. The van der Waals surface area contributed by atoms with Gasteiger partial charge in [0.2, 0.25) is 5.95 Å². The molecule has 0 saturated heterocycles. The molecular weight excluding hydrogens is 693 g/mol. The van der Waals surface area contributed by atoms with Gasteiger partial charge in [-0.15, -0.1) is 0 Å². The van der Waals surface area contributed by atoms with Crippen molar-refractivity contribution in [3.8, 4) is 22.8 Å². The Balaban J connectivity index is 1.47. The molecule has 1 heterocycles. The van der Waals surface area contributed by atoms with Crippen LogP contribution in [0.5, 0.6) is 0 Å². The van der Waals surface area contributed by atoms with Gasteiger partial charge in [0, 0.05) is 22.7 Å². The van der Waals surface area contributed by atoms with E-state index in [-0.39, 0.29) is 5.92 Å². The first-order valence-corrected chi connectivity index (χ1v) is 19.9. The molecule has 0 aliphatic rings. The monoisotopic (exact) mass is 742 g/mol. The largest absolute Gasteiger partial charge is 0.278 e. The fourth-order valence-corrected chi connectivity index (χ4v) is 9.26. The van der Waals surface area contributed by atoms with E-state index in [0.717, 1.165) is 33.5 Å². The minimum absolute atomic E-state index is 0.00196. The number of fused-ring (bicyclic) bond motifs is 1. The van der Waals surface area contributed by atoms with Crippen molar-refractivity contribution in [3.05, 3.63) is 200 Å². The topological polar surface area (TPSA) is 41.9 Å². The number of hydrogen-bond acceptors (Lipinski definition) is 4. The molecule has 0 saturated carbocycles. The van der Waals surface area contributed by atoms with Crippen molar-refractivity contribution in [3.63, 3.8) is 0 Å². The molecule has 0 radical (unpaired) electrons. The summed E-state index contributed by atoms with van der Waals surface area (Å²) in [6.45, 7) is 20.3. The van der Waals surface area contributed by atoms with E-state index < -0.39 is 0 Å². The molecule has 1 aromatic heterocycles. The van der Waals surface area contributed by atoms with Gasteiger partial charge in [0.15, 0.2) is 11.6 Å². The Morgan fingerprint density at radius 1 is 0.404 bits per heavy atom. The number of aryl methyl sites for hydroxylation is 8. The maximum atomic E-state index is 5.34. The molecule has 0 spiro atoms. The van der Waals surface area contributed by atoms with Gasteiger partial charge in [-0.25, -0.2) is 4.98 Å². The number of nitrogens with zero attached hydrogens (tertiary/aromatic N) is 4. The van der Waals surface area contributed by atoms with Crippen molar-refractivity contribution >= 4 is 28.1 Å². The van der Waals surface area contributed by atoms with Gasteiger partial charge in [0.1, 0.15) is 0 Å². The highest BCUT2D eigenvalue weighted by molar-refractivity contribution is 5.90. The summed E-state index contributed by atoms with van der Waals surface area (Å²) in [6.07, 6.45) is 0. The van der Waals surface area contributed by atoms with Crippen LogP contribution in [-0.4, -0.2) is 15.0 Å². The fraction of sp³-hybridized carbons (Fsp3) is 0.189. The van der Waals surface area contributed by atoms with Crippen LogP contribution >= 0.6 is 0 Å². The van der Waals surface area contributed by atoms with Crippen LogP contribution in [0.2, 0.25) is 0 Å². The first kappa shape index (κ1) is 37.5. The molecule has 7 aromatic carbocycles. The molecule has 0 atom stereocenters. The third-order valence-corrected chi connectivity index (χ3v) is 11.4. The highest BCUT2D eigenvalue weighted by Crippen LogP contribution is 2.47. The minimum atomic E-state index is 0.00196. The third-order valence-electron chi connectivity index (χ3n) is 11.4. The summed E-state index contributed by atoms with van der Waals surface area (Å²) in [4.78, 5) is 18.0. The van der Waals surface area contributed by atoms with Crippen LogP contribution in [0.1, 0.15) is 72.7 Å². The van der Waals surface area contributed by atoms with E-state index in [0.29, 0.717) is 17.6 Å². The van der Waals surface area contributed by atoms with E-state index >= 15 is 0 Å². The van der Waals surface area contributed by atoms with Crippen molar-refractivity contribution < 1.29 is 0 Å². The van der Waals surface area contributed by atoms with E-state index in [1.165, 1.54) is 66.6 Å². The molecule has 4 heteroatoms. The molecule has 0 aliphatic heterocycles. The maximum Gasteiger partial charge on any atom is 0.238 e. The molecule has 0 N–H and O–H groups in total. The van der Waals surface area contributed by atoms with Crippen LogP contribution in [0, 0.1) is 62.3 Å². The lowest BCUT2D eigenvalue weighted by atomic mass is 9.74. The second-order valence-corrected chi connectivity index (χ2v) is 15.8. The Morgan fingerprint density at radius 2 is 0.860 bits per heavy atom. The van der Waals surface area contributed by atoms with Gasteiger partial charge in [-0.1, -0.05) is 132 Å². The van der Waals surface area contributed by atoms with Gasteiger partial charge in [0.05, 0.1) is 5.69 Å². The van der Waals surface area contributed by atoms with Gasteiger partial charge in [-0.05, 0) is 141 Å². The fourth-order valence-electron chi connectivity index (χ4n) is 9.26. The number of aromatic nitrogens is 3. The van der Waals surface area contributed by atoms with Crippen molar-refractivity contribution in [2.24, 2.45) is 0 Å². The second-order valence-electron chi connectivity index (χ2n) is 15.8. The zero-order valence-corrected chi connectivity index (χ0v) is 34.6. The average molecular weight is 743 g/mol. The van der Waals surface area contributed by atoms with Gasteiger partial charge in [0.25, 0.3) is 0 Å². The van der Waals surface area contributed by atoms with Crippen molar-refractivity contribution in [1.82, 2.24) is 15.0 Å². The van der Waals surface area contributed by atoms with E-state index in [1.807, 2.05) is 36.4 Å². The molecule has 0 fully saturated rings. The number of hydrogen-bond donors (Lipinski definition) is 0. The first-order valence-electron chi connectivity index (χ1n) is 19.9. The molecule has 4 nitrogen and oxygen atoms in total. The van der Waals surface area contributed by atoms with Gasteiger partial charge in [-0.3, -0.25) is 4.90 Å². The van der Waals surface area contributed by atoms with Crippen LogP contribution in [0.4, 0.5) is 17.3 Å². The van der Waals surface area contributed by atoms with E-state index in [9.17, 15) is 0 Å². The summed E-state index contributed by atoms with van der Waals surface area (Å²) >= 11 is 0. The summed E-state index contributed by atoms with van der Waals surface area (Å²) in [7, 11) is 0. The van der Waals surface area contributed by atoms with Crippen LogP contribution < -0.4 is 4.90 Å². The molecular formula is C53H50N4. The Hall–Kier alpha value is -6.39. The molecule has 0 bridgehead atoms. The minimum Gasteiger partial charge on any atom is -0.278 e. The highest BCUT2D eigenvalue weighted by Gasteiger charge is 2.31. The lowest BCUT2D eigenvalue weighted by Crippen LogP contribution is -2.20. The van der Waals surface area contributed by atoms with Crippen molar-refractivity contribution in [2.45, 2.75) is 68.2 Å². The van der Waals surface area contributed by atoms with E-state index in [1.54, 1.807) is 0 Å². The summed E-state index contributed by atoms with van der Waals surface area (Å²) in [5.41, 5.74) is 19.4. The average Bonchev–Trinajstić information content (AvgIpc) is 3.19. The zero-order chi connectivity index (χ0) is 40.0. The highest BCUT2D eigenvalue weighted by atomic mass is 15.3. The van der Waals surface area contributed by atoms with Crippen molar-refractivity contribution in [1.29, 1.82) is 0 Å². The van der Waals surface area contributed by atoms with Gasteiger partial charge in [-0.2, -0.15) is 9.97 Å². The van der Waals surface area contributed by atoms with Crippen molar-refractivity contribution in [2.75, 3.05) is 4.90 Å². The van der Waals surface area contributed by atoms with Crippen LogP contribution in [0.3, 0.4) is 0 Å². The molecule has 0 amide bonds. The third kappa shape index (κ3) is 7.13. The zero-order valence-electron chi connectivity index (χ0n) is 34.6. The lowest BCUT2D eigenvalue weighted by Gasteiger charge is -2.33. The molecule has 8 aromatic rings. The molecule has 8 rings (SSSR count). The predicted octanol–water partition coefficient (Wildman–Crippen LogP) is 13.8. The normalized spacial score (nSPS) is 11.4. The molecule has 0 aliphatic carbocycles. The summed E-state index contributed by atoms with van der Waals surface area (Å²) < 4.78 is 0. The maximum absolute atomic E-state index is 5.34. The Morgan fingerprint density at radius 3 is 1.37 bits per heavy atom. The van der Waals surface area contributed by atoms with Gasteiger partial charge >= 0.3 is 0 Å². The predicted molar refractivity (Wildman–Crippen MR) is 239 cm³/mol. The SMILES string of the molecule is Cc1cc(C)c(C(c2c(C)cc(C)cc2C)c2c(C)cc(C)c(N(c3ccc4ccccc4c3)c3nc(-c4ccccc4)nc(-c4ccccc4)n3)c2C)c(C)c1. The smallest absolute Gasteiger partial charge is 0.238 e. The van der Waals surface area contributed by atoms with Crippen LogP contribution in [-0.2, 0) is 0 Å². The summed E-state index contributed by atoms with van der Waals surface area (Å²) in [5.74, 6) is 1.83. The van der Waals surface area contributed by atoms with E-state index in [4.69, 9.17) is 15.0 Å². The summed E-state index contributed by atoms with van der Waals surface area (Å²) in [6, 6.07) is 47.4. The number of anilines is 3. The van der Waals surface area contributed by atoms with Gasteiger partial charge < -0.3 is 0 Å². The van der Waals surface area contributed by atoms with Crippen LogP contribution in [0.25, 0.3) is 33.5 Å².